The molecule has 0 atom stereocenters. The van der Waals surface area contributed by atoms with Crippen molar-refractivity contribution in [3.63, 3.8) is 0 Å². The second-order valence-corrected chi connectivity index (χ2v) is 5.05. The van der Waals surface area contributed by atoms with Crippen LogP contribution in [0.3, 0.4) is 0 Å². The quantitative estimate of drug-likeness (QED) is 0.825. The lowest BCUT2D eigenvalue weighted by molar-refractivity contribution is 0.0687. The normalized spacial score (nSPS) is 16.9. The van der Waals surface area contributed by atoms with Crippen LogP contribution in [-0.2, 0) is 6.54 Å². The standard InChI is InChI=1S/C14H21NO4/c16-8-7-15(11-4-2-1-3-5-11)10-13-12(14(17)18)6-9-19-13/h6,9,11,16H,1-5,7-8,10H2,(H,17,18). The van der Waals surface area contributed by atoms with Crippen molar-refractivity contribution in [1.29, 1.82) is 0 Å². The third-order valence-corrected chi connectivity index (χ3v) is 3.80. The molecule has 0 spiro atoms. The van der Waals surface area contributed by atoms with E-state index in [4.69, 9.17) is 9.52 Å². The lowest BCUT2D eigenvalue weighted by Gasteiger charge is -2.33. The lowest BCUT2D eigenvalue weighted by atomic mass is 9.94. The van der Waals surface area contributed by atoms with Crippen LogP contribution in [0.4, 0.5) is 0 Å². The van der Waals surface area contributed by atoms with Crippen molar-refractivity contribution >= 4 is 5.97 Å². The van der Waals surface area contributed by atoms with Gasteiger partial charge in [0.15, 0.2) is 0 Å². The van der Waals surface area contributed by atoms with Crippen molar-refractivity contribution in [3.8, 4) is 0 Å². The molecule has 5 nitrogen and oxygen atoms in total. The second-order valence-electron chi connectivity index (χ2n) is 5.05. The zero-order chi connectivity index (χ0) is 13.7. The van der Waals surface area contributed by atoms with Crippen LogP contribution in [-0.4, -0.2) is 40.3 Å². The number of carboxylic acids is 1. The van der Waals surface area contributed by atoms with E-state index in [9.17, 15) is 9.90 Å². The summed E-state index contributed by atoms with van der Waals surface area (Å²) in [7, 11) is 0. The number of nitrogens with zero attached hydrogens (tertiary/aromatic N) is 1. The smallest absolute Gasteiger partial charge is 0.339 e. The Balaban J connectivity index is 2.06. The molecule has 1 aliphatic carbocycles. The topological polar surface area (TPSA) is 73.9 Å². The van der Waals surface area contributed by atoms with Crippen molar-refractivity contribution in [2.45, 2.75) is 44.7 Å². The zero-order valence-corrected chi connectivity index (χ0v) is 11.0. The monoisotopic (exact) mass is 267 g/mol. The minimum Gasteiger partial charge on any atom is -0.478 e. The van der Waals surface area contributed by atoms with Crippen molar-refractivity contribution in [1.82, 2.24) is 4.90 Å². The highest BCUT2D eigenvalue weighted by molar-refractivity contribution is 5.88. The number of furan rings is 1. The predicted molar refractivity (Wildman–Crippen MR) is 70.0 cm³/mol. The van der Waals surface area contributed by atoms with Gasteiger partial charge in [-0.2, -0.15) is 0 Å². The number of hydrogen-bond acceptors (Lipinski definition) is 4. The van der Waals surface area contributed by atoms with Gasteiger partial charge in [-0.15, -0.1) is 0 Å². The summed E-state index contributed by atoms with van der Waals surface area (Å²) in [6.45, 7) is 1.10. The highest BCUT2D eigenvalue weighted by atomic mass is 16.4. The zero-order valence-electron chi connectivity index (χ0n) is 11.0. The fourth-order valence-corrected chi connectivity index (χ4v) is 2.80. The maximum atomic E-state index is 11.1. The highest BCUT2D eigenvalue weighted by Crippen LogP contribution is 2.24. The minimum atomic E-state index is -0.962. The molecule has 2 rings (SSSR count). The number of aromatic carboxylic acids is 1. The Morgan fingerprint density at radius 3 is 2.74 bits per heavy atom. The number of hydrogen-bond donors (Lipinski definition) is 2. The summed E-state index contributed by atoms with van der Waals surface area (Å²) in [5, 5.41) is 18.3. The van der Waals surface area contributed by atoms with Gasteiger partial charge in [0.2, 0.25) is 0 Å². The molecular formula is C14H21NO4. The summed E-state index contributed by atoms with van der Waals surface area (Å²) in [6, 6.07) is 1.91. The SMILES string of the molecule is O=C(O)c1ccoc1CN(CCO)C1CCCCC1. The summed E-state index contributed by atoms with van der Waals surface area (Å²) >= 11 is 0. The summed E-state index contributed by atoms with van der Waals surface area (Å²) in [5.41, 5.74) is 0.221. The molecule has 0 unspecified atom stereocenters. The third-order valence-electron chi connectivity index (χ3n) is 3.80. The van der Waals surface area contributed by atoms with Crippen LogP contribution in [0.25, 0.3) is 0 Å². The van der Waals surface area contributed by atoms with E-state index in [2.05, 4.69) is 4.90 Å². The van der Waals surface area contributed by atoms with Crippen molar-refractivity contribution in [2.75, 3.05) is 13.2 Å². The first-order valence-corrected chi connectivity index (χ1v) is 6.87. The van der Waals surface area contributed by atoms with Gasteiger partial charge in [0.1, 0.15) is 11.3 Å². The third kappa shape index (κ3) is 3.58. The van der Waals surface area contributed by atoms with Crippen molar-refractivity contribution in [2.24, 2.45) is 0 Å². The number of carbonyl (C=O) groups is 1. The van der Waals surface area contributed by atoms with E-state index in [1.165, 1.54) is 31.6 Å². The van der Waals surface area contributed by atoms with Crippen molar-refractivity contribution < 1.29 is 19.4 Å². The summed E-state index contributed by atoms with van der Waals surface area (Å²) < 4.78 is 5.29. The van der Waals surface area contributed by atoms with Gasteiger partial charge in [-0.25, -0.2) is 4.79 Å². The Labute approximate surface area is 112 Å². The number of aliphatic hydroxyl groups excluding tert-OH is 1. The molecule has 0 amide bonds. The molecule has 0 saturated heterocycles. The van der Waals surface area contributed by atoms with Gasteiger partial charge in [0, 0.05) is 12.6 Å². The molecule has 0 aromatic carbocycles. The van der Waals surface area contributed by atoms with Crippen LogP contribution < -0.4 is 0 Å². The van der Waals surface area contributed by atoms with E-state index >= 15 is 0 Å². The van der Waals surface area contributed by atoms with E-state index < -0.39 is 5.97 Å². The first-order chi connectivity index (χ1) is 9.22. The molecule has 5 heteroatoms. The summed E-state index contributed by atoms with van der Waals surface area (Å²) in [6.07, 6.45) is 7.32. The number of aliphatic hydroxyl groups is 1. The number of rotatable bonds is 6. The highest BCUT2D eigenvalue weighted by Gasteiger charge is 2.24. The molecular weight excluding hydrogens is 246 g/mol. The van der Waals surface area contributed by atoms with Gasteiger partial charge in [0.25, 0.3) is 0 Å². The predicted octanol–water partition coefficient (Wildman–Crippen LogP) is 2.10. The van der Waals surface area contributed by atoms with E-state index in [0.717, 1.165) is 12.8 Å². The first-order valence-electron chi connectivity index (χ1n) is 6.87. The average molecular weight is 267 g/mol. The van der Waals surface area contributed by atoms with E-state index in [0.29, 0.717) is 24.9 Å². The Morgan fingerprint density at radius 1 is 1.37 bits per heavy atom. The molecule has 0 bridgehead atoms. The Bertz CT molecular complexity index is 409. The Morgan fingerprint density at radius 2 is 2.11 bits per heavy atom. The van der Waals surface area contributed by atoms with Gasteiger partial charge in [-0.05, 0) is 18.9 Å². The molecule has 1 fully saturated rings. The molecule has 1 heterocycles. The lowest BCUT2D eigenvalue weighted by Crippen LogP contribution is -2.38. The largest absolute Gasteiger partial charge is 0.478 e. The van der Waals surface area contributed by atoms with E-state index in [1.807, 2.05) is 0 Å². The molecule has 1 saturated carbocycles. The maximum absolute atomic E-state index is 11.1. The summed E-state index contributed by atoms with van der Waals surface area (Å²) in [5.74, 6) is -0.483. The Kier molecular flexibility index (Phi) is 4.99. The molecule has 106 valence electrons. The molecule has 0 radical (unpaired) electrons. The molecule has 1 aliphatic rings. The molecule has 0 aliphatic heterocycles. The van der Waals surface area contributed by atoms with Gasteiger partial charge < -0.3 is 14.6 Å². The fraction of sp³-hybridized carbons (Fsp3) is 0.643. The molecule has 2 N–H and O–H groups in total. The fourth-order valence-electron chi connectivity index (χ4n) is 2.80. The van der Waals surface area contributed by atoms with Crippen LogP contribution in [0.2, 0.25) is 0 Å². The van der Waals surface area contributed by atoms with Gasteiger partial charge in [-0.1, -0.05) is 19.3 Å². The van der Waals surface area contributed by atoms with Crippen LogP contribution in [0.1, 0.15) is 48.2 Å². The summed E-state index contributed by atoms with van der Waals surface area (Å²) in [4.78, 5) is 13.2. The van der Waals surface area contributed by atoms with Gasteiger partial charge in [-0.3, -0.25) is 4.90 Å². The van der Waals surface area contributed by atoms with E-state index in [1.54, 1.807) is 0 Å². The first kappa shape index (κ1) is 14.1. The number of carboxylic acid groups (broad SMARTS) is 1. The van der Waals surface area contributed by atoms with E-state index in [-0.39, 0.29) is 12.2 Å². The molecule has 1 aromatic heterocycles. The van der Waals surface area contributed by atoms with Crippen LogP contribution in [0.15, 0.2) is 16.7 Å². The van der Waals surface area contributed by atoms with Crippen LogP contribution in [0, 0.1) is 0 Å². The maximum Gasteiger partial charge on any atom is 0.339 e. The Hall–Kier alpha value is -1.33. The van der Waals surface area contributed by atoms with Gasteiger partial charge in [0.05, 0.1) is 19.4 Å². The second kappa shape index (κ2) is 6.73. The molecule has 19 heavy (non-hydrogen) atoms. The van der Waals surface area contributed by atoms with Crippen molar-refractivity contribution in [3.05, 3.63) is 23.7 Å². The molecule has 1 aromatic rings. The van der Waals surface area contributed by atoms with Gasteiger partial charge >= 0.3 is 5.97 Å². The van der Waals surface area contributed by atoms with Crippen LogP contribution >= 0.6 is 0 Å². The minimum absolute atomic E-state index is 0.0829. The average Bonchev–Trinajstić information content (AvgIpc) is 2.88. The van der Waals surface area contributed by atoms with Crippen LogP contribution in [0.5, 0.6) is 0 Å².